The van der Waals surface area contributed by atoms with Crippen molar-refractivity contribution in [3.8, 4) is 0 Å². The highest BCUT2D eigenvalue weighted by atomic mass is 16.2. The normalized spacial score (nSPS) is 21.6. The van der Waals surface area contributed by atoms with E-state index in [2.05, 4.69) is 40.7 Å². The summed E-state index contributed by atoms with van der Waals surface area (Å²) < 4.78 is 0. The standard InChI is InChI=1S/C17H21N3O/c1-12-7-10-19-15(12)17(21)20-11-8-14-5-2-4-13-6-3-9-18-16(13)14/h2-6,9,12,15,19H,7-8,10-11H2,1H3,(H,20,21). The van der Waals surface area contributed by atoms with Gasteiger partial charge >= 0.3 is 0 Å². The van der Waals surface area contributed by atoms with Crippen LogP contribution in [0, 0.1) is 5.92 Å². The Morgan fingerprint density at radius 2 is 2.24 bits per heavy atom. The molecule has 1 aromatic heterocycles. The zero-order valence-electron chi connectivity index (χ0n) is 12.3. The number of aromatic nitrogens is 1. The monoisotopic (exact) mass is 283 g/mol. The van der Waals surface area contributed by atoms with Crippen molar-refractivity contribution in [3.05, 3.63) is 42.1 Å². The lowest BCUT2D eigenvalue weighted by Crippen LogP contribution is -2.43. The molecule has 21 heavy (non-hydrogen) atoms. The first-order chi connectivity index (χ1) is 10.3. The van der Waals surface area contributed by atoms with Crippen molar-refractivity contribution in [3.63, 3.8) is 0 Å². The van der Waals surface area contributed by atoms with E-state index in [0.29, 0.717) is 12.5 Å². The highest BCUT2D eigenvalue weighted by Crippen LogP contribution is 2.16. The fourth-order valence-electron chi connectivity index (χ4n) is 2.98. The lowest BCUT2D eigenvalue weighted by molar-refractivity contribution is -0.123. The van der Waals surface area contributed by atoms with Crippen molar-refractivity contribution in [2.75, 3.05) is 13.1 Å². The molecule has 0 radical (unpaired) electrons. The van der Waals surface area contributed by atoms with Crippen molar-refractivity contribution >= 4 is 16.8 Å². The molecule has 4 heteroatoms. The molecule has 0 aliphatic carbocycles. The molecule has 1 saturated heterocycles. The number of para-hydroxylation sites is 1. The number of carbonyl (C=O) groups is 1. The van der Waals surface area contributed by atoms with E-state index < -0.39 is 0 Å². The quantitative estimate of drug-likeness (QED) is 0.901. The van der Waals surface area contributed by atoms with Crippen LogP contribution in [-0.2, 0) is 11.2 Å². The van der Waals surface area contributed by atoms with E-state index in [-0.39, 0.29) is 11.9 Å². The van der Waals surface area contributed by atoms with Crippen LogP contribution in [0.15, 0.2) is 36.5 Å². The van der Waals surface area contributed by atoms with Gasteiger partial charge in [-0.05, 0) is 36.9 Å². The Morgan fingerprint density at radius 1 is 1.38 bits per heavy atom. The van der Waals surface area contributed by atoms with E-state index in [0.717, 1.165) is 30.3 Å². The molecule has 1 aliphatic rings. The Labute approximate surface area is 125 Å². The molecule has 2 heterocycles. The highest BCUT2D eigenvalue weighted by Gasteiger charge is 2.28. The third-order valence-corrected chi connectivity index (χ3v) is 4.23. The van der Waals surface area contributed by atoms with Crippen LogP contribution in [0.2, 0.25) is 0 Å². The molecule has 1 aliphatic heterocycles. The van der Waals surface area contributed by atoms with Crippen molar-refractivity contribution in [1.82, 2.24) is 15.6 Å². The number of nitrogens with zero attached hydrogens (tertiary/aromatic N) is 1. The van der Waals surface area contributed by atoms with E-state index in [1.807, 2.05) is 18.3 Å². The molecule has 0 bridgehead atoms. The molecular formula is C17H21N3O. The molecule has 0 saturated carbocycles. The predicted molar refractivity (Wildman–Crippen MR) is 84.0 cm³/mol. The summed E-state index contributed by atoms with van der Waals surface area (Å²) >= 11 is 0. The molecule has 1 aromatic carbocycles. The van der Waals surface area contributed by atoms with Crippen LogP contribution in [0.4, 0.5) is 0 Å². The number of hydrogen-bond donors (Lipinski definition) is 2. The maximum atomic E-state index is 12.1. The van der Waals surface area contributed by atoms with E-state index in [1.54, 1.807) is 0 Å². The van der Waals surface area contributed by atoms with Crippen molar-refractivity contribution in [2.45, 2.75) is 25.8 Å². The van der Waals surface area contributed by atoms with Crippen LogP contribution in [0.3, 0.4) is 0 Å². The largest absolute Gasteiger partial charge is 0.354 e. The summed E-state index contributed by atoms with van der Waals surface area (Å²) in [5.74, 6) is 0.539. The molecule has 1 fully saturated rings. The van der Waals surface area contributed by atoms with E-state index in [9.17, 15) is 4.79 Å². The number of pyridine rings is 1. The zero-order valence-corrected chi connectivity index (χ0v) is 12.3. The Kier molecular flexibility index (Phi) is 4.15. The number of amides is 1. The first-order valence-corrected chi connectivity index (χ1v) is 7.59. The van der Waals surface area contributed by atoms with Gasteiger partial charge in [-0.15, -0.1) is 0 Å². The summed E-state index contributed by atoms with van der Waals surface area (Å²) in [5, 5.41) is 7.44. The van der Waals surface area contributed by atoms with Crippen LogP contribution in [0.1, 0.15) is 18.9 Å². The van der Waals surface area contributed by atoms with Crippen molar-refractivity contribution in [1.29, 1.82) is 0 Å². The van der Waals surface area contributed by atoms with Gasteiger partial charge in [-0.1, -0.05) is 31.2 Å². The third-order valence-electron chi connectivity index (χ3n) is 4.23. The molecule has 2 unspecified atom stereocenters. The summed E-state index contributed by atoms with van der Waals surface area (Å²) in [6, 6.07) is 10.2. The van der Waals surface area contributed by atoms with Crippen LogP contribution in [0.5, 0.6) is 0 Å². The zero-order chi connectivity index (χ0) is 14.7. The van der Waals surface area contributed by atoms with Gasteiger partial charge in [0.25, 0.3) is 0 Å². The number of rotatable bonds is 4. The molecule has 2 aromatic rings. The van der Waals surface area contributed by atoms with Gasteiger partial charge in [-0.2, -0.15) is 0 Å². The SMILES string of the molecule is CC1CCNC1C(=O)NCCc1cccc2cccnc12. The van der Waals surface area contributed by atoms with Crippen LogP contribution >= 0.6 is 0 Å². The fourth-order valence-corrected chi connectivity index (χ4v) is 2.98. The molecule has 4 nitrogen and oxygen atoms in total. The summed E-state index contributed by atoms with van der Waals surface area (Å²) in [5.41, 5.74) is 2.21. The molecule has 0 spiro atoms. The number of benzene rings is 1. The second kappa shape index (κ2) is 6.22. The molecule has 1 amide bonds. The van der Waals surface area contributed by atoms with Gasteiger partial charge in [-0.25, -0.2) is 0 Å². The minimum absolute atomic E-state index is 0.0318. The topological polar surface area (TPSA) is 54.0 Å². The number of carbonyl (C=O) groups excluding carboxylic acids is 1. The number of fused-ring (bicyclic) bond motifs is 1. The Balaban J connectivity index is 1.61. The lowest BCUT2D eigenvalue weighted by Gasteiger charge is -2.15. The molecule has 2 atom stereocenters. The average Bonchev–Trinajstić information content (AvgIpc) is 2.93. The summed E-state index contributed by atoms with van der Waals surface area (Å²) in [4.78, 5) is 16.6. The van der Waals surface area contributed by atoms with Crippen LogP contribution in [0.25, 0.3) is 10.9 Å². The molecule has 2 N–H and O–H groups in total. The van der Waals surface area contributed by atoms with Crippen LogP contribution in [-0.4, -0.2) is 30.0 Å². The lowest BCUT2D eigenvalue weighted by atomic mass is 10.0. The Hall–Kier alpha value is -1.94. The smallest absolute Gasteiger partial charge is 0.237 e. The summed E-state index contributed by atoms with van der Waals surface area (Å²) in [6.07, 6.45) is 3.70. The van der Waals surface area contributed by atoms with E-state index >= 15 is 0 Å². The van der Waals surface area contributed by atoms with Gasteiger partial charge in [0.05, 0.1) is 11.6 Å². The minimum Gasteiger partial charge on any atom is -0.354 e. The van der Waals surface area contributed by atoms with Gasteiger partial charge in [0.1, 0.15) is 0 Å². The minimum atomic E-state index is -0.0318. The maximum absolute atomic E-state index is 12.1. The molecule has 3 rings (SSSR count). The Bertz CT molecular complexity index is 635. The van der Waals surface area contributed by atoms with Gasteiger partial charge in [0.2, 0.25) is 5.91 Å². The van der Waals surface area contributed by atoms with Gasteiger partial charge < -0.3 is 10.6 Å². The third kappa shape index (κ3) is 3.05. The Morgan fingerprint density at radius 3 is 3.05 bits per heavy atom. The van der Waals surface area contributed by atoms with E-state index in [4.69, 9.17) is 0 Å². The van der Waals surface area contributed by atoms with Crippen molar-refractivity contribution in [2.24, 2.45) is 5.92 Å². The fraction of sp³-hybridized carbons (Fsp3) is 0.412. The number of nitrogens with one attached hydrogen (secondary N) is 2. The molecule has 110 valence electrons. The average molecular weight is 283 g/mol. The van der Waals surface area contributed by atoms with Gasteiger partial charge in [0.15, 0.2) is 0 Å². The maximum Gasteiger partial charge on any atom is 0.237 e. The second-order valence-corrected chi connectivity index (χ2v) is 5.73. The van der Waals surface area contributed by atoms with Gasteiger partial charge in [0, 0.05) is 18.1 Å². The second-order valence-electron chi connectivity index (χ2n) is 5.73. The first kappa shape index (κ1) is 14.0. The highest BCUT2D eigenvalue weighted by molar-refractivity contribution is 5.83. The predicted octanol–water partition coefficient (Wildman–Crippen LogP) is 1.89. The number of hydrogen-bond acceptors (Lipinski definition) is 3. The molecular weight excluding hydrogens is 262 g/mol. The van der Waals surface area contributed by atoms with Crippen molar-refractivity contribution < 1.29 is 4.79 Å². The first-order valence-electron chi connectivity index (χ1n) is 7.59. The van der Waals surface area contributed by atoms with E-state index in [1.165, 1.54) is 5.56 Å². The van der Waals surface area contributed by atoms with Crippen LogP contribution < -0.4 is 10.6 Å². The summed E-state index contributed by atoms with van der Waals surface area (Å²) in [7, 11) is 0. The summed E-state index contributed by atoms with van der Waals surface area (Å²) in [6.45, 7) is 3.71. The van der Waals surface area contributed by atoms with Gasteiger partial charge in [-0.3, -0.25) is 9.78 Å².